The Morgan fingerprint density at radius 3 is 2.70 bits per heavy atom. The Morgan fingerprint density at radius 2 is 2.00 bits per heavy atom. The lowest BCUT2D eigenvalue weighted by Crippen LogP contribution is -2.06. The Hall–Kier alpha value is -1.69. The van der Waals surface area contributed by atoms with E-state index in [0.29, 0.717) is 21.8 Å². The topological polar surface area (TPSA) is 49.8 Å². The van der Waals surface area contributed by atoms with Gasteiger partial charge in [0.15, 0.2) is 0 Å². The number of nitrogens with one attached hydrogen (secondary N) is 2. The van der Waals surface area contributed by atoms with Crippen LogP contribution in [0.1, 0.15) is 18.9 Å². The van der Waals surface area contributed by atoms with Crippen LogP contribution in [0.4, 0.5) is 21.7 Å². The van der Waals surface area contributed by atoms with Crippen molar-refractivity contribution >= 4 is 33.3 Å². The molecule has 0 fully saturated rings. The second kappa shape index (κ2) is 6.65. The number of para-hydroxylation sites is 1. The zero-order chi connectivity index (χ0) is 14.5. The van der Waals surface area contributed by atoms with Gasteiger partial charge >= 0.3 is 0 Å². The highest BCUT2D eigenvalue weighted by molar-refractivity contribution is 9.10. The van der Waals surface area contributed by atoms with Crippen molar-refractivity contribution in [1.82, 2.24) is 9.97 Å². The van der Waals surface area contributed by atoms with Gasteiger partial charge in [0, 0.05) is 6.54 Å². The Kier molecular flexibility index (Phi) is 4.89. The summed E-state index contributed by atoms with van der Waals surface area (Å²) in [5, 5.41) is 6.20. The zero-order valence-corrected chi connectivity index (χ0v) is 13.0. The van der Waals surface area contributed by atoms with Crippen molar-refractivity contribution in [1.29, 1.82) is 0 Å². The first kappa shape index (κ1) is 14.7. The molecule has 0 radical (unpaired) electrons. The van der Waals surface area contributed by atoms with Crippen molar-refractivity contribution in [3.8, 4) is 0 Å². The summed E-state index contributed by atoms with van der Waals surface area (Å²) in [7, 11) is 0. The van der Waals surface area contributed by atoms with E-state index in [1.165, 1.54) is 12.4 Å². The van der Waals surface area contributed by atoms with E-state index in [0.717, 1.165) is 18.5 Å². The number of aryl methyl sites for hydroxylation is 1. The van der Waals surface area contributed by atoms with Crippen LogP contribution in [-0.2, 0) is 0 Å². The minimum absolute atomic E-state index is 0.307. The van der Waals surface area contributed by atoms with Gasteiger partial charge in [-0.05, 0) is 40.9 Å². The molecule has 0 amide bonds. The van der Waals surface area contributed by atoms with Crippen LogP contribution in [0.2, 0.25) is 0 Å². The largest absolute Gasteiger partial charge is 0.369 e. The van der Waals surface area contributed by atoms with E-state index in [2.05, 4.69) is 43.5 Å². The van der Waals surface area contributed by atoms with E-state index in [9.17, 15) is 4.39 Å². The summed E-state index contributed by atoms with van der Waals surface area (Å²) in [4.78, 5) is 8.31. The maximum atomic E-state index is 13.8. The summed E-state index contributed by atoms with van der Waals surface area (Å²) >= 11 is 3.45. The molecule has 0 saturated carbocycles. The lowest BCUT2D eigenvalue weighted by atomic mass is 10.2. The average molecular weight is 339 g/mol. The molecule has 6 heteroatoms. The van der Waals surface area contributed by atoms with Gasteiger partial charge in [-0.1, -0.05) is 19.1 Å². The van der Waals surface area contributed by atoms with E-state index in [-0.39, 0.29) is 5.82 Å². The summed E-state index contributed by atoms with van der Waals surface area (Å²) in [5.74, 6) is 0.920. The van der Waals surface area contributed by atoms with Crippen LogP contribution in [0.25, 0.3) is 0 Å². The van der Waals surface area contributed by atoms with Crippen LogP contribution in [0.3, 0.4) is 0 Å². The van der Waals surface area contributed by atoms with Crippen molar-refractivity contribution < 1.29 is 4.39 Å². The third kappa shape index (κ3) is 3.25. The molecule has 2 N–H and O–H groups in total. The molecule has 0 aliphatic heterocycles. The summed E-state index contributed by atoms with van der Waals surface area (Å²) in [6, 6.07) is 4.94. The molecule has 106 valence electrons. The van der Waals surface area contributed by atoms with E-state index < -0.39 is 0 Å². The Bertz CT molecular complexity index is 583. The molecule has 0 saturated heterocycles. The molecule has 1 heterocycles. The first-order valence-corrected chi connectivity index (χ1v) is 7.19. The second-order valence-corrected chi connectivity index (χ2v) is 5.16. The predicted molar refractivity (Wildman–Crippen MR) is 82.9 cm³/mol. The zero-order valence-electron chi connectivity index (χ0n) is 11.4. The highest BCUT2D eigenvalue weighted by Crippen LogP contribution is 2.30. The van der Waals surface area contributed by atoms with Crippen molar-refractivity contribution in [2.45, 2.75) is 20.3 Å². The molecule has 20 heavy (non-hydrogen) atoms. The van der Waals surface area contributed by atoms with Gasteiger partial charge in [0.2, 0.25) is 0 Å². The third-order valence-corrected chi connectivity index (χ3v) is 3.55. The molecule has 0 unspecified atom stereocenters. The average Bonchev–Trinajstić information content (AvgIpc) is 2.43. The van der Waals surface area contributed by atoms with Gasteiger partial charge in [-0.3, -0.25) is 0 Å². The fraction of sp³-hybridized carbons (Fsp3) is 0.286. The first-order valence-electron chi connectivity index (χ1n) is 6.40. The Labute approximate surface area is 126 Å². The molecule has 0 atom stereocenters. The quantitative estimate of drug-likeness (QED) is 0.855. The SMILES string of the molecule is CCCNc1ncnc(Nc2c(C)cccc2F)c1Br. The molecular formula is C14H16BrFN4. The van der Waals surface area contributed by atoms with Crippen LogP contribution < -0.4 is 10.6 Å². The second-order valence-electron chi connectivity index (χ2n) is 4.37. The van der Waals surface area contributed by atoms with Crippen molar-refractivity contribution in [3.63, 3.8) is 0 Å². The number of rotatable bonds is 5. The molecule has 0 aliphatic carbocycles. The van der Waals surface area contributed by atoms with Gasteiger partial charge in [0.1, 0.15) is 28.3 Å². The third-order valence-electron chi connectivity index (χ3n) is 2.80. The van der Waals surface area contributed by atoms with Gasteiger partial charge in [-0.15, -0.1) is 0 Å². The van der Waals surface area contributed by atoms with Crippen molar-refractivity contribution in [2.24, 2.45) is 0 Å². The molecule has 4 nitrogen and oxygen atoms in total. The molecule has 0 aliphatic rings. The minimum atomic E-state index is -0.307. The highest BCUT2D eigenvalue weighted by Gasteiger charge is 2.11. The van der Waals surface area contributed by atoms with Gasteiger partial charge in [-0.2, -0.15) is 0 Å². The monoisotopic (exact) mass is 338 g/mol. The van der Waals surface area contributed by atoms with Crippen LogP contribution in [-0.4, -0.2) is 16.5 Å². The molecule has 1 aromatic heterocycles. The Balaban J connectivity index is 2.30. The molecule has 2 rings (SSSR count). The molecule has 2 aromatic rings. The van der Waals surface area contributed by atoms with Crippen LogP contribution in [0, 0.1) is 12.7 Å². The van der Waals surface area contributed by atoms with Gasteiger partial charge in [0.25, 0.3) is 0 Å². The summed E-state index contributed by atoms with van der Waals surface area (Å²) in [6.07, 6.45) is 2.44. The lowest BCUT2D eigenvalue weighted by Gasteiger charge is -2.13. The van der Waals surface area contributed by atoms with Gasteiger partial charge in [-0.25, -0.2) is 14.4 Å². The number of benzene rings is 1. The molecule has 0 bridgehead atoms. The number of anilines is 3. The number of aromatic nitrogens is 2. The predicted octanol–water partition coefficient (Wildman–Crippen LogP) is 4.25. The maximum Gasteiger partial charge on any atom is 0.150 e. The van der Waals surface area contributed by atoms with E-state index in [1.54, 1.807) is 6.07 Å². The van der Waals surface area contributed by atoms with E-state index >= 15 is 0 Å². The standard InChI is InChI=1S/C14H16BrFN4/c1-3-7-17-13-11(15)14(19-8-18-13)20-12-9(2)5-4-6-10(12)16/h4-6,8H,3,7H2,1-2H3,(H2,17,18,19,20). The summed E-state index contributed by atoms with van der Waals surface area (Å²) < 4.78 is 14.5. The fourth-order valence-electron chi connectivity index (χ4n) is 1.73. The first-order chi connectivity index (χ1) is 9.63. The number of hydrogen-bond acceptors (Lipinski definition) is 4. The van der Waals surface area contributed by atoms with Crippen molar-refractivity contribution in [2.75, 3.05) is 17.2 Å². The smallest absolute Gasteiger partial charge is 0.150 e. The van der Waals surface area contributed by atoms with Gasteiger partial charge in [0.05, 0.1) is 5.69 Å². The van der Waals surface area contributed by atoms with Crippen LogP contribution >= 0.6 is 15.9 Å². The fourth-order valence-corrected chi connectivity index (χ4v) is 2.18. The highest BCUT2D eigenvalue weighted by atomic mass is 79.9. The molecule has 0 spiro atoms. The Morgan fingerprint density at radius 1 is 1.25 bits per heavy atom. The van der Waals surface area contributed by atoms with Crippen LogP contribution in [0.5, 0.6) is 0 Å². The van der Waals surface area contributed by atoms with Crippen molar-refractivity contribution in [3.05, 3.63) is 40.4 Å². The number of nitrogens with zero attached hydrogens (tertiary/aromatic N) is 2. The van der Waals surface area contributed by atoms with Crippen LogP contribution in [0.15, 0.2) is 29.0 Å². The maximum absolute atomic E-state index is 13.8. The number of halogens is 2. The molecular weight excluding hydrogens is 323 g/mol. The minimum Gasteiger partial charge on any atom is -0.369 e. The normalized spacial score (nSPS) is 10.4. The molecule has 1 aromatic carbocycles. The summed E-state index contributed by atoms with van der Waals surface area (Å²) in [6.45, 7) is 4.73. The van der Waals surface area contributed by atoms with Gasteiger partial charge < -0.3 is 10.6 Å². The van der Waals surface area contributed by atoms with E-state index in [1.807, 2.05) is 13.0 Å². The number of hydrogen-bond donors (Lipinski definition) is 2. The van der Waals surface area contributed by atoms with E-state index in [4.69, 9.17) is 0 Å². The lowest BCUT2D eigenvalue weighted by molar-refractivity contribution is 0.630. The summed E-state index contributed by atoms with van der Waals surface area (Å²) in [5.41, 5.74) is 1.24.